The van der Waals surface area contributed by atoms with E-state index in [4.69, 9.17) is 5.11 Å². The lowest BCUT2D eigenvalue weighted by Gasteiger charge is -2.01. The zero-order valence-electron chi connectivity index (χ0n) is 9.57. The van der Waals surface area contributed by atoms with Crippen LogP contribution < -0.4 is 5.56 Å². The average molecular weight is 256 g/mol. The molecule has 2 heterocycles. The monoisotopic (exact) mass is 256 g/mol. The number of hydrogen-bond donors (Lipinski definition) is 2. The number of aromatic carboxylic acids is 1. The first kappa shape index (κ1) is 11.1. The van der Waals surface area contributed by atoms with Crippen molar-refractivity contribution in [1.82, 2.24) is 19.7 Å². The van der Waals surface area contributed by atoms with Gasteiger partial charge in [0.25, 0.3) is 5.56 Å². The van der Waals surface area contributed by atoms with Crippen LogP contribution in [0.15, 0.2) is 41.3 Å². The van der Waals surface area contributed by atoms with E-state index in [1.54, 1.807) is 24.3 Å². The first-order valence-corrected chi connectivity index (χ1v) is 5.43. The third kappa shape index (κ3) is 1.86. The van der Waals surface area contributed by atoms with Crippen LogP contribution in [-0.2, 0) is 0 Å². The van der Waals surface area contributed by atoms with E-state index in [9.17, 15) is 9.59 Å². The topological polar surface area (TPSA) is 101 Å². The van der Waals surface area contributed by atoms with E-state index in [2.05, 4.69) is 15.1 Å². The number of hydrogen-bond acceptors (Lipinski definition) is 4. The number of H-pyrrole nitrogens is 1. The van der Waals surface area contributed by atoms with Crippen molar-refractivity contribution in [3.63, 3.8) is 0 Å². The van der Waals surface area contributed by atoms with E-state index in [0.717, 1.165) is 0 Å². The number of benzene rings is 1. The van der Waals surface area contributed by atoms with Crippen LogP contribution in [0.3, 0.4) is 0 Å². The van der Waals surface area contributed by atoms with Crippen LogP contribution in [0.5, 0.6) is 0 Å². The minimum Gasteiger partial charge on any atom is -0.476 e. The van der Waals surface area contributed by atoms with E-state index in [1.807, 2.05) is 0 Å². The van der Waals surface area contributed by atoms with Crippen molar-refractivity contribution >= 4 is 16.9 Å². The second kappa shape index (κ2) is 4.05. The fourth-order valence-electron chi connectivity index (χ4n) is 1.74. The molecule has 19 heavy (non-hydrogen) atoms. The van der Waals surface area contributed by atoms with Gasteiger partial charge < -0.3 is 5.11 Å². The third-order valence-corrected chi connectivity index (χ3v) is 2.63. The summed E-state index contributed by atoms with van der Waals surface area (Å²) in [6, 6.07) is 8.21. The lowest BCUT2D eigenvalue weighted by atomic mass is 10.2. The molecule has 0 saturated heterocycles. The van der Waals surface area contributed by atoms with Crippen molar-refractivity contribution in [1.29, 1.82) is 0 Å². The van der Waals surface area contributed by atoms with E-state index < -0.39 is 5.97 Å². The average Bonchev–Trinajstić information content (AvgIpc) is 2.88. The molecule has 0 radical (unpaired) electrons. The van der Waals surface area contributed by atoms with Gasteiger partial charge in [-0.25, -0.2) is 14.5 Å². The smallest absolute Gasteiger partial charge is 0.356 e. The summed E-state index contributed by atoms with van der Waals surface area (Å²) in [6.07, 6.45) is 1.43. The van der Waals surface area contributed by atoms with Crippen LogP contribution in [0, 0.1) is 0 Å². The van der Waals surface area contributed by atoms with Crippen LogP contribution in [0.1, 0.15) is 10.5 Å². The highest BCUT2D eigenvalue weighted by atomic mass is 16.4. The van der Waals surface area contributed by atoms with Gasteiger partial charge in [-0.1, -0.05) is 12.1 Å². The number of carbonyl (C=O) groups is 1. The predicted molar refractivity (Wildman–Crippen MR) is 66.4 cm³/mol. The molecule has 0 saturated carbocycles. The van der Waals surface area contributed by atoms with Crippen molar-refractivity contribution in [2.45, 2.75) is 0 Å². The Morgan fingerprint density at radius 3 is 2.79 bits per heavy atom. The Bertz CT molecular complexity index is 834. The minimum atomic E-state index is -1.14. The molecule has 94 valence electrons. The fourth-order valence-corrected chi connectivity index (χ4v) is 1.74. The summed E-state index contributed by atoms with van der Waals surface area (Å²) in [4.78, 5) is 29.4. The summed E-state index contributed by atoms with van der Waals surface area (Å²) in [6.45, 7) is 0. The second-order valence-electron chi connectivity index (χ2n) is 3.86. The highest BCUT2D eigenvalue weighted by molar-refractivity contribution is 5.85. The Kier molecular flexibility index (Phi) is 2.38. The maximum atomic E-state index is 11.9. The summed E-state index contributed by atoms with van der Waals surface area (Å²) in [5, 5.41) is 13.1. The Labute approximate surface area is 106 Å². The standard InChI is InChI=1S/C12H8N4O3/c17-10-7-3-1-2-4-8(7)13-12(14-10)16-6-5-9(15-16)11(18)19/h1-6H,(H,18,19)(H,13,14,17). The molecule has 7 heteroatoms. The van der Waals surface area contributed by atoms with Gasteiger partial charge in [-0.15, -0.1) is 0 Å². The summed E-state index contributed by atoms with van der Waals surface area (Å²) in [7, 11) is 0. The number of nitrogens with one attached hydrogen (secondary N) is 1. The highest BCUT2D eigenvalue weighted by Gasteiger charge is 2.10. The fraction of sp³-hybridized carbons (Fsp3) is 0. The molecule has 1 aromatic carbocycles. The van der Waals surface area contributed by atoms with Crippen molar-refractivity contribution in [3.8, 4) is 5.95 Å². The summed E-state index contributed by atoms with van der Waals surface area (Å²) in [5.74, 6) is -0.960. The predicted octanol–water partition coefficient (Wildman–Crippen LogP) is 0.807. The number of para-hydroxylation sites is 1. The zero-order chi connectivity index (χ0) is 13.4. The molecule has 3 rings (SSSR count). The Morgan fingerprint density at radius 2 is 2.05 bits per heavy atom. The van der Waals surface area contributed by atoms with Crippen molar-refractivity contribution in [3.05, 3.63) is 52.6 Å². The van der Waals surface area contributed by atoms with E-state index in [1.165, 1.54) is 16.9 Å². The number of nitrogens with zero attached hydrogens (tertiary/aromatic N) is 3. The van der Waals surface area contributed by atoms with Gasteiger partial charge in [0.1, 0.15) is 0 Å². The number of aromatic amines is 1. The molecule has 2 aromatic heterocycles. The van der Waals surface area contributed by atoms with Crippen LogP contribution >= 0.6 is 0 Å². The third-order valence-electron chi connectivity index (χ3n) is 2.63. The molecule has 0 aliphatic rings. The van der Waals surface area contributed by atoms with Gasteiger partial charge in [-0.05, 0) is 18.2 Å². The molecule has 0 fully saturated rings. The molecule has 2 N–H and O–H groups in total. The van der Waals surface area contributed by atoms with Gasteiger partial charge in [-0.3, -0.25) is 9.78 Å². The molecule has 3 aromatic rings. The van der Waals surface area contributed by atoms with Gasteiger partial charge in [0.15, 0.2) is 5.69 Å². The first-order valence-electron chi connectivity index (χ1n) is 5.43. The van der Waals surface area contributed by atoms with E-state index >= 15 is 0 Å². The zero-order valence-corrected chi connectivity index (χ0v) is 9.57. The molecule has 0 aliphatic heterocycles. The number of carboxylic acid groups (broad SMARTS) is 1. The Balaban J connectivity index is 2.19. The number of fused-ring (bicyclic) bond motifs is 1. The van der Waals surface area contributed by atoms with E-state index in [0.29, 0.717) is 10.9 Å². The van der Waals surface area contributed by atoms with Crippen LogP contribution in [0.25, 0.3) is 16.9 Å². The minimum absolute atomic E-state index is 0.115. The van der Waals surface area contributed by atoms with Gasteiger partial charge in [-0.2, -0.15) is 5.10 Å². The summed E-state index contributed by atoms with van der Waals surface area (Å²) < 4.78 is 1.22. The quantitative estimate of drug-likeness (QED) is 0.706. The molecule has 0 aliphatic carbocycles. The van der Waals surface area contributed by atoms with Gasteiger partial charge in [0.05, 0.1) is 10.9 Å². The van der Waals surface area contributed by atoms with Gasteiger partial charge in [0, 0.05) is 6.20 Å². The number of aromatic nitrogens is 4. The number of rotatable bonds is 2. The largest absolute Gasteiger partial charge is 0.476 e. The van der Waals surface area contributed by atoms with Crippen LogP contribution in [0.4, 0.5) is 0 Å². The highest BCUT2D eigenvalue weighted by Crippen LogP contribution is 2.08. The normalized spacial score (nSPS) is 10.7. The molecule has 0 unspecified atom stereocenters. The Hall–Kier alpha value is -2.96. The maximum Gasteiger partial charge on any atom is 0.356 e. The molecule has 0 bridgehead atoms. The Morgan fingerprint density at radius 1 is 1.26 bits per heavy atom. The second-order valence-corrected chi connectivity index (χ2v) is 3.86. The molecule has 7 nitrogen and oxygen atoms in total. The van der Waals surface area contributed by atoms with Crippen LogP contribution in [-0.4, -0.2) is 30.8 Å². The lowest BCUT2D eigenvalue weighted by molar-refractivity contribution is 0.0690. The van der Waals surface area contributed by atoms with Crippen molar-refractivity contribution in [2.24, 2.45) is 0 Å². The summed E-state index contributed by atoms with van der Waals surface area (Å²) in [5.41, 5.74) is 0.109. The first-order chi connectivity index (χ1) is 9.15. The molecule has 0 amide bonds. The molecule has 0 atom stereocenters. The summed E-state index contributed by atoms with van der Waals surface area (Å²) >= 11 is 0. The SMILES string of the molecule is O=C(O)c1ccn(-c2nc3ccccc3c(=O)[nH]2)n1. The van der Waals surface area contributed by atoms with Crippen molar-refractivity contribution in [2.75, 3.05) is 0 Å². The molecule has 0 spiro atoms. The lowest BCUT2D eigenvalue weighted by Crippen LogP contribution is -2.14. The maximum absolute atomic E-state index is 11.9. The molecular weight excluding hydrogens is 248 g/mol. The van der Waals surface area contributed by atoms with Gasteiger partial charge in [0.2, 0.25) is 5.95 Å². The van der Waals surface area contributed by atoms with E-state index in [-0.39, 0.29) is 17.2 Å². The van der Waals surface area contributed by atoms with Crippen molar-refractivity contribution < 1.29 is 9.90 Å². The molecular formula is C12H8N4O3. The van der Waals surface area contributed by atoms with Gasteiger partial charge >= 0.3 is 5.97 Å². The van der Waals surface area contributed by atoms with Crippen LogP contribution in [0.2, 0.25) is 0 Å². The number of carboxylic acids is 1.